The third-order valence-corrected chi connectivity index (χ3v) is 7.23. The summed E-state index contributed by atoms with van der Waals surface area (Å²) in [6.07, 6.45) is 4.74. The van der Waals surface area contributed by atoms with Gasteiger partial charge < -0.3 is 4.74 Å². The van der Waals surface area contributed by atoms with Crippen molar-refractivity contribution in [2.24, 2.45) is 5.92 Å². The molecule has 1 aliphatic heterocycles. The van der Waals surface area contributed by atoms with Crippen LogP contribution in [0.2, 0.25) is 0 Å². The zero-order chi connectivity index (χ0) is 20.3. The van der Waals surface area contributed by atoms with Crippen LogP contribution in [0.4, 0.5) is 0 Å². The zero-order valence-electron chi connectivity index (χ0n) is 17.8. The van der Waals surface area contributed by atoms with Crippen LogP contribution in [0, 0.1) is 5.92 Å². The summed E-state index contributed by atoms with van der Waals surface area (Å²) < 4.78 is 5.49. The highest BCUT2D eigenvalue weighted by Crippen LogP contribution is 2.46. The fourth-order valence-corrected chi connectivity index (χ4v) is 5.70. The van der Waals surface area contributed by atoms with Crippen molar-refractivity contribution in [3.05, 3.63) is 101 Å². The van der Waals surface area contributed by atoms with Crippen LogP contribution in [-0.4, -0.2) is 31.1 Å². The molecule has 1 heterocycles. The molecule has 2 nitrogen and oxygen atoms in total. The van der Waals surface area contributed by atoms with Crippen molar-refractivity contribution < 1.29 is 4.74 Å². The van der Waals surface area contributed by atoms with Crippen molar-refractivity contribution in [1.29, 1.82) is 0 Å². The van der Waals surface area contributed by atoms with Crippen LogP contribution in [0.1, 0.15) is 34.6 Å². The maximum absolute atomic E-state index is 5.49. The number of benzene rings is 3. The lowest BCUT2D eigenvalue weighted by atomic mass is 9.73. The Morgan fingerprint density at radius 1 is 0.900 bits per heavy atom. The van der Waals surface area contributed by atoms with Crippen LogP contribution in [-0.2, 0) is 19.3 Å². The lowest BCUT2D eigenvalue weighted by Crippen LogP contribution is -2.36. The zero-order valence-corrected chi connectivity index (χ0v) is 17.8. The Bertz CT molecular complexity index is 968. The number of aryl methyl sites for hydroxylation is 1. The van der Waals surface area contributed by atoms with Crippen LogP contribution in [0.15, 0.2) is 78.9 Å². The number of fused-ring (bicyclic) bond motifs is 3. The molecule has 0 unspecified atom stereocenters. The fraction of sp³-hybridized carbons (Fsp3) is 0.357. The standard InChI is InChI=1S/C28H31NO/c1-30-24-13-15-25-23(19-24)12-14-26-27(25)20-29(17-16-21-8-4-2-5-9-21)28(26)18-22-10-6-3-7-11-22/h2-11,13,15,19,26-28H,12,14,16-18,20H2,1H3/t26-,27+,28+/m0/s1. The first-order chi connectivity index (χ1) is 14.8. The number of methoxy groups -OCH3 is 1. The summed E-state index contributed by atoms with van der Waals surface area (Å²) in [4.78, 5) is 2.79. The molecule has 30 heavy (non-hydrogen) atoms. The van der Waals surface area contributed by atoms with Gasteiger partial charge in [-0.1, -0.05) is 66.7 Å². The minimum absolute atomic E-state index is 0.622. The van der Waals surface area contributed by atoms with E-state index >= 15 is 0 Å². The van der Waals surface area contributed by atoms with Gasteiger partial charge in [0.25, 0.3) is 0 Å². The van der Waals surface area contributed by atoms with Crippen LogP contribution in [0.25, 0.3) is 0 Å². The van der Waals surface area contributed by atoms with Crippen molar-refractivity contribution in [1.82, 2.24) is 4.90 Å². The molecule has 0 radical (unpaired) electrons. The molecule has 2 aliphatic rings. The highest BCUT2D eigenvalue weighted by atomic mass is 16.5. The maximum Gasteiger partial charge on any atom is 0.119 e. The molecule has 0 bridgehead atoms. The largest absolute Gasteiger partial charge is 0.497 e. The van der Waals surface area contributed by atoms with Gasteiger partial charge in [0.05, 0.1) is 7.11 Å². The van der Waals surface area contributed by atoms with Crippen LogP contribution in [0.5, 0.6) is 5.75 Å². The van der Waals surface area contributed by atoms with Gasteiger partial charge in [0, 0.05) is 25.0 Å². The van der Waals surface area contributed by atoms with E-state index in [1.807, 2.05) is 0 Å². The monoisotopic (exact) mass is 397 g/mol. The molecule has 3 aromatic carbocycles. The van der Waals surface area contributed by atoms with E-state index in [-0.39, 0.29) is 0 Å². The number of rotatable bonds is 6. The third kappa shape index (κ3) is 3.89. The van der Waals surface area contributed by atoms with E-state index in [4.69, 9.17) is 4.74 Å². The van der Waals surface area contributed by atoms with E-state index in [1.54, 1.807) is 12.7 Å². The van der Waals surface area contributed by atoms with Gasteiger partial charge in [-0.15, -0.1) is 0 Å². The first-order valence-corrected chi connectivity index (χ1v) is 11.3. The molecule has 1 fully saturated rings. The van der Waals surface area contributed by atoms with E-state index < -0.39 is 0 Å². The van der Waals surface area contributed by atoms with Crippen LogP contribution in [0.3, 0.4) is 0 Å². The Kier molecular flexibility index (Phi) is 5.59. The Labute approximate surface area is 180 Å². The summed E-state index contributed by atoms with van der Waals surface area (Å²) in [7, 11) is 1.77. The molecular formula is C28H31NO. The second-order valence-corrected chi connectivity index (χ2v) is 8.86. The van der Waals surface area contributed by atoms with Crippen molar-refractivity contribution in [3.8, 4) is 5.75 Å². The lowest BCUT2D eigenvalue weighted by Gasteiger charge is -2.32. The second-order valence-electron chi connectivity index (χ2n) is 8.86. The number of nitrogens with zero attached hydrogens (tertiary/aromatic N) is 1. The van der Waals surface area contributed by atoms with E-state index in [9.17, 15) is 0 Å². The lowest BCUT2D eigenvalue weighted by molar-refractivity contribution is 0.220. The summed E-state index contributed by atoms with van der Waals surface area (Å²) in [5.74, 6) is 2.37. The van der Waals surface area contributed by atoms with E-state index in [1.165, 1.54) is 36.1 Å². The third-order valence-electron chi connectivity index (χ3n) is 7.23. The van der Waals surface area contributed by atoms with E-state index in [0.29, 0.717) is 12.0 Å². The van der Waals surface area contributed by atoms with Gasteiger partial charge in [-0.05, 0) is 66.0 Å². The van der Waals surface area contributed by atoms with Gasteiger partial charge in [0.15, 0.2) is 0 Å². The number of likely N-dealkylation sites (tertiary alicyclic amines) is 1. The summed E-state index contributed by atoms with van der Waals surface area (Å²) >= 11 is 0. The Balaban J connectivity index is 1.41. The van der Waals surface area contributed by atoms with Gasteiger partial charge in [-0.2, -0.15) is 0 Å². The summed E-state index contributed by atoms with van der Waals surface area (Å²) in [5.41, 5.74) is 5.97. The maximum atomic E-state index is 5.49. The fourth-order valence-electron chi connectivity index (χ4n) is 5.70. The van der Waals surface area contributed by atoms with Crippen molar-refractivity contribution >= 4 is 0 Å². The topological polar surface area (TPSA) is 12.5 Å². The number of hydrogen-bond donors (Lipinski definition) is 0. The number of hydrogen-bond acceptors (Lipinski definition) is 2. The molecular weight excluding hydrogens is 366 g/mol. The molecule has 2 heteroatoms. The minimum atomic E-state index is 0.622. The van der Waals surface area contributed by atoms with Gasteiger partial charge in [0.2, 0.25) is 0 Å². The quantitative estimate of drug-likeness (QED) is 0.544. The van der Waals surface area contributed by atoms with Gasteiger partial charge in [0.1, 0.15) is 5.75 Å². The summed E-state index contributed by atoms with van der Waals surface area (Å²) in [6.45, 7) is 2.31. The molecule has 0 saturated carbocycles. The normalized spacial score (nSPS) is 23.0. The Morgan fingerprint density at radius 2 is 1.63 bits per heavy atom. The Morgan fingerprint density at radius 3 is 2.37 bits per heavy atom. The van der Waals surface area contributed by atoms with E-state index in [2.05, 4.69) is 83.8 Å². The minimum Gasteiger partial charge on any atom is -0.497 e. The Hall–Kier alpha value is -2.58. The first kappa shape index (κ1) is 19.4. The molecule has 0 aromatic heterocycles. The first-order valence-electron chi connectivity index (χ1n) is 11.3. The molecule has 1 saturated heterocycles. The molecule has 3 atom stereocenters. The molecule has 3 aromatic rings. The van der Waals surface area contributed by atoms with Crippen LogP contribution >= 0.6 is 0 Å². The van der Waals surface area contributed by atoms with Gasteiger partial charge >= 0.3 is 0 Å². The van der Waals surface area contributed by atoms with Crippen molar-refractivity contribution in [2.75, 3.05) is 20.2 Å². The summed E-state index contributed by atoms with van der Waals surface area (Å²) in [5, 5.41) is 0. The smallest absolute Gasteiger partial charge is 0.119 e. The molecule has 154 valence electrons. The predicted molar refractivity (Wildman–Crippen MR) is 123 cm³/mol. The highest BCUT2D eigenvalue weighted by molar-refractivity contribution is 5.41. The van der Waals surface area contributed by atoms with Gasteiger partial charge in [-0.25, -0.2) is 0 Å². The predicted octanol–water partition coefficient (Wildman–Crippen LogP) is 5.51. The average Bonchev–Trinajstić information content (AvgIpc) is 3.16. The second kappa shape index (κ2) is 8.65. The highest BCUT2D eigenvalue weighted by Gasteiger charge is 2.44. The molecule has 5 rings (SSSR count). The molecule has 0 N–H and O–H groups in total. The van der Waals surface area contributed by atoms with E-state index in [0.717, 1.165) is 31.1 Å². The SMILES string of the molecule is COc1ccc2c(c1)CC[C@H]1[C@@H]2CN(CCc2ccccc2)[C@@H]1Cc1ccccc1. The molecule has 1 aliphatic carbocycles. The van der Waals surface area contributed by atoms with Crippen molar-refractivity contribution in [2.45, 2.75) is 37.6 Å². The molecule has 0 spiro atoms. The summed E-state index contributed by atoms with van der Waals surface area (Å²) in [6, 6.07) is 29.4. The molecule has 0 amide bonds. The van der Waals surface area contributed by atoms with Crippen molar-refractivity contribution in [3.63, 3.8) is 0 Å². The number of ether oxygens (including phenoxy) is 1. The average molecular weight is 398 g/mol. The van der Waals surface area contributed by atoms with Gasteiger partial charge in [-0.3, -0.25) is 4.90 Å². The van der Waals surface area contributed by atoms with Crippen LogP contribution < -0.4 is 4.74 Å².